The van der Waals surface area contributed by atoms with Crippen LogP contribution in [0.2, 0.25) is 0 Å². The fourth-order valence-corrected chi connectivity index (χ4v) is 3.44. The van der Waals surface area contributed by atoms with E-state index in [9.17, 15) is 9.59 Å². The Balaban J connectivity index is 1.81. The van der Waals surface area contributed by atoms with Gasteiger partial charge in [0.15, 0.2) is 0 Å². The number of benzene rings is 1. The van der Waals surface area contributed by atoms with Gasteiger partial charge in [0.2, 0.25) is 11.8 Å². The lowest BCUT2D eigenvalue weighted by Gasteiger charge is -2.31. The van der Waals surface area contributed by atoms with E-state index < -0.39 is 0 Å². The molecular weight excluding hydrogens is 342 g/mol. The van der Waals surface area contributed by atoms with Gasteiger partial charge in [0.1, 0.15) is 5.56 Å². The number of hydrogen-bond acceptors (Lipinski definition) is 4. The normalized spacial score (nSPS) is 17.6. The Bertz CT molecular complexity index is 794. The first-order chi connectivity index (χ1) is 13.1. The summed E-state index contributed by atoms with van der Waals surface area (Å²) in [6.07, 6.45) is 2.70. The van der Waals surface area contributed by atoms with Crippen LogP contribution in [0.4, 0.5) is 0 Å². The van der Waals surface area contributed by atoms with Crippen LogP contribution in [-0.4, -0.2) is 52.8 Å². The highest BCUT2D eigenvalue weighted by Crippen LogP contribution is 2.22. The Kier molecular flexibility index (Phi) is 6.06. The average Bonchev–Trinajstić information content (AvgIpc) is 2.87. The second kappa shape index (κ2) is 8.66. The molecule has 2 aromatic rings. The van der Waals surface area contributed by atoms with Crippen molar-refractivity contribution in [2.75, 3.05) is 20.2 Å². The van der Waals surface area contributed by atoms with Crippen LogP contribution < -0.4 is 4.74 Å². The SMILES string of the molecule is CC[C@H]1CN(C(=O)c2cccnc2OC)CCC(=O)N1Cc1ccccc1. The zero-order valence-electron chi connectivity index (χ0n) is 15.8. The standard InChI is InChI=1S/C21H25N3O3/c1-3-17-15-23(21(26)18-10-7-12-22-20(18)27-2)13-11-19(25)24(17)14-16-8-5-4-6-9-16/h4-10,12,17H,3,11,13-15H2,1-2H3/t17-/m0/s1. The van der Waals surface area contributed by atoms with Crippen LogP contribution in [0.15, 0.2) is 48.7 Å². The molecule has 0 aliphatic carbocycles. The fraction of sp³-hybridized carbons (Fsp3) is 0.381. The molecule has 3 rings (SSSR count). The summed E-state index contributed by atoms with van der Waals surface area (Å²) in [6, 6.07) is 13.4. The van der Waals surface area contributed by atoms with Crippen LogP contribution in [0.5, 0.6) is 5.88 Å². The van der Waals surface area contributed by atoms with Crippen molar-refractivity contribution >= 4 is 11.8 Å². The summed E-state index contributed by atoms with van der Waals surface area (Å²) >= 11 is 0. The van der Waals surface area contributed by atoms with Gasteiger partial charge in [-0.05, 0) is 24.1 Å². The highest BCUT2D eigenvalue weighted by atomic mass is 16.5. The Hall–Kier alpha value is -2.89. The van der Waals surface area contributed by atoms with Gasteiger partial charge in [-0.3, -0.25) is 9.59 Å². The molecule has 142 valence electrons. The number of amides is 2. The van der Waals surface area contributed by atoms with E-state index in [0.717, 1.165) is 12.0 Å². The highest BCUT2D eigenvalue weighted by molar-refractivity contribution is 5.96. The van der Waals surface area contributed by atoms with Crippen molar-refractivity contribution in [3.05, 3.63) is 59.8 Å². The molecule has 0 N–H and O–H groups in total. The van der Waals surface area contributed by atoms with Gasteiger partial charge in [-0.15, -0.1) is 0 Å². The summed E-state index contributed by atoms with van der Waals surface area (Å²) in [5, 5.41) is 0. The molecule has 0 saturated carbocycles. The number of pyridine rings is 1. The molecule has 1 aliphatic rings. The maximum atomic E-state index is 13.0. The number of ether oxygens (including phenoxy) is 1. The molecule has 0 bridgehead atoms. The molecule has 2 heterocycles. The van der Waals surface area contributed by atoms with Gasteiger partial charge in [-0.2, -0.15) is 0 Å². The van der Waals surface area contributed by atoms with Crippen molar-refractivity contribution in [3.8, 4) is 5.88 Å². The smallest absolute Gasteiger partial charge is 0.259 e. The van der Waals surface area contributed by atoms with Gasteiger partial charge >= 0.3 is 0 Å². The van der Waals surface area contributed by atoms with E-state index in [4.69, 9.17) is 4.74 Å². The van der Waals surface area contributed by atoms with Crippen LogP contribution in [0, 0.1) is 0 Å². The van der Waals surface area contributed by atoms with E-state index in [1.54, 1.807) is 23.2 Å². The molecule has 6 nitrogen and oxygen atoms in total. The largest absolute Gasteiger partial charge is 0.480 e. The van der Waals surface area contributed by atoms with E-state index in [-0.39, 0.29) is 17.9 Å². The Morgan fingerprint density at radius 1 is 1.22 bits per heavy atom. The lowest BCUT2D eigenvalue weighted by molar-refractivity contribution is -0.133. The third-order valence-corrected chi connectivity index (χ3v) is 4.94. The van der Waals surface area contributed by atoms with Gasteiger partial charge in [0.05, 0.1) is 7.11 Å². The van der Waals surface area contributed by atoms with E-state index in [0.29, 0.717) is 37.5 Å². The number of methoxy groups -OCH3 is 1. The van der Waals surface area contributed by atoms with Crippen molar-refractivity contribution in [2.45, 2.75) is 32.4 Å². The van der Waals surface area contributed by atoms with E-state index >= 15 is 0 Å². The summed E-state index contributed by atoms with van der Waals surface area (Å²) < 4.78 is 5.23. The molecule has 0 radical (unpaired) electrons. The first-order valence-electron chi connectivity index (χ1n) is 9.25. The molecule has 1 aliphatic heterocycles. The Labute approximate surface area is 159 Å². The molecule has 1 fully saturated rings. The summed E-state index contributed by atoms with van der Waals surface area (Å²) in [5.41, 5.74) is 1.52. The first kappa shape index (κ1) is 18.9. The van der Waals surface area contributed by atoms with Crippen molar-refractivity contribution in [3.63, 3.8) is 0 Å². The summed E-state index contributed by atoms with van der Waals surface area (Å²) in [4.78, 5) is 33.6. The topological polar surface area (TPSA) is 62.7 Å². The summed E-state index contributed by atoms with van der Waals surface area (Å²) in [6.45, 7) is 3.52. The molecule has 1 aromatic heterocycles. The lowest BCUT2D eigenvalue weighted by atomic mass is 10.1. The van der Waals surface area contributed by atoms with E-state index in [2.05, 4.69) is 11.9 Å². The first-order valence-corrected chi connectivity index (χ1v) is 9.25. The highest BCUT2D eigenvalue weighted by Gasteiger charge is 2.32. The second-order valence-corrected chi connectivity index (χ2v) is 6.63. The third kappa shape index (κ3) is 4.27. The Morgan fingerprint density at radius 3 is 2.70 bits per heavy atom. The second-order valence-electron chi connectivity index (χ2n) is 6.63. The van der Waals surface area contributed by atoms with Crippen molar-refractivity contribution < 1.29 is 14.3 Å². The predicted molar refractivity (Wildman–Crippen MR) is 102 cm³/mol. The molecule has 0 spiro atoms. The van der Waals surface area contributed by atoms with Crippen LogP contribution in [0.3, 0.4) is 0 Å². The van der Waals surface area contributed by atoms with Crippen LogP contribution >= 0.6 is 0 Å². The average molecular weight is 367 g/mol. The maximum Gasteiger partial charge on any atom is 0.259 e. The molecule has 1 atom stereocenters. The quantitative estimate of drug-likeness (QED) is 0.815. The van der Waals surface area contributed by atoms with E-state index in [1.807, 2.05) is 35.2 Å². The number of hydrogen-bond donors (Lipinski definition) is 0. The number of carbonyl (C=O) groups is 2. The van der Waals surface area contributed by atoms with Crippen molar-refractivity contribution in [1.82, 2.24) is 14.8 Å². The molecule has 1 aromatic carbocycles. The molecule has 2 amide bonds. The minimum Gasteiger partial charge on any atom is -0.480 e. The number of carbonyl (C=O) groups excluding carboxylic acids is 2. The predicted octanol–water partition coefficient (Wildman–Crippen LogP) is 2.74. The van der Waals surface area contributed by atoms with E-state index in [1.165, 1.54) is 7.11 Å². The van der Waals surface area contributed by atoms with Crippen LogP contribution in [0.1, 0.15) is 35.7 Å². The minimum atomic E-state index is -0.146. The summed E-state index contributed by atoms with van der Waals surface area (Å²) in [7, 11) is 1.50. The zero-order valence-corrected chi connectivity index (χ0v) is 15.8. The summed E-state index contributed by atoms with van der Waals surface area (Å²) in [5.74, 6) is 0.249. The number of aromatic nitrogens is 1. The van der Waals surface area contributed by atoms with Gasteiger partial charge in [0.25, 0.3) is 5.91 Å². The van der Waals surface area contributed by atoms with Crippen molar-refractivity contribution in [2.24, 2.45) is 0 Å². The van der Waals surface area contributed by atoms with Gasteiger partial charge in [-0.1, -0.05) is 37.3 Å². The molecule has 0 unspecified atom stereocenters. The third-order valence-electron chi connectivity index (χ3n) is 4.94. The van der Waals surface area contributed by atoms with Crippen molar-refractivity contribution in [1.29, 1.82) is 0 Å². The maximum absolute atomic E-state index is 13.0. The minimum absolute atomic E-state index is 0.0215. The fourth-order valence-electron chi connectivity index (χ4n) is 3.44. The number of rotatable bonds is 5. The molecule has 1 saturated heterocycles. The van der Waals surface area contributed by atoms with Crippen LogP contribution in [-0.2, 0) is 11.3 Å². The Morgan fingerprint density at radius 2 is 2.00 bits per heavy atom. The molecule has 6 heteroatoms. The van der Waals surface area contributed by atoms with Gasteiger partial charge < -0.3 is 14.5 Å². The molecule has 27 heavy (non-hydrogen) atoms. The lowest BCUT2D eigenvalue weighted by Crippen LogP contribution is -2.43. The van der Waals surface area contributed by atoms with Crippen LogP contribution in [0.25, 0.3) is 0 Å². The van der Waals surface area contributed by atoms with Gasteiger partial charge in [0, 0.05) is 38.3 Å². The molecular formula is C21H25N3O3. The zero-order chi connectivity index (χ0) is 19.2. The monoisotopic (exact) mass is 367 g/mol. The number of nitrogens with zero attached hydrogens (tertiary/aromatic N) is 3. The van der Waals surface area contributed by atoms with Gasteiger partial charge in [-0.25, -0.2) is 4.98 Å².